The molecule has 0 saturated heterocycles. The molecule has 0 unspecified atom stereocenters. The van der Waals surface area contributed by atoms with Crippen LogP contribution in [0.25, 0.3) is 0 Å². The highest BCUT2D eigenvalue weighted by Crippen LogP contribution is 2.41. The van der Waals surface area contributed by atoms with E-state index in [1.807, 2.05) is 6.08 Å². The molecule has 0 amide bonds. The molecule has 0 aliphatic heterocycles. The summed E-state index contributed by atoms with van der Waals surface area (Å²) in [6, 6.07) is 0. The van der Waals surface area contributed by atoms with Crippen LogP contribution in [-0.2, 0) is 0 Å². The van der Waals surface area contributed by atoms with Crippen molar-refractivity contribution in [2.75, 3.05) is 0 Å². The zero-order valence-electron chi connectivity index (χ0n) is 11.4. The molecule has 0 heterocycles. The number of hydrogen-bond donors (Lipinski definition) is 0. The highest BCUT2D eigenvalue weighted by atomic mass is 14.3. The fourth-order valence-electron chi connectivity index (χ4n) is 3.80. The van der Waals surface area contributed by atoms with E-state index in [4.69, 9.17) is 0 Å². The number of allylic oxidation sites excluding steroid dienone is 3. The third kappa shape index (κ3) is 3.72. The maximum absolute atomic E-state index is 3.75. The van der Waals surface area contributed by atoms with E-state index in [2.05, 4.69) is 25.7 Å². The van der Waals surface area contributed by atoms with E-state index in [0.717, 1.165) is 23.7 Å². The number of rotatable bonds is 3. The zero-order chi connectivity index (χ0) is 12.1. The first-order chi connectivity index (χ1) is 8.29. The maximum Gasteiger partial charge on any atom is -0.0230 e. The molecule has 0 radical (unpaired) electrons. The topological polar surface area (TPSA) is 0 Å². The molecule has 0 aromatic rings. The van der Waals surface area contributed by atoms with Gasteiger partial charge in [0.15, 0.2) is 0 Å². The minimum atomic E-state index is 0.840. The lowest BCUT2D eigenvalue weighted by Gasteiger charge is -2.36. The van der Waals surface area contributed by atoms with Crippen LogP contribution in [0.5, 0.6) is 0 Å². The average Bonchev–Trinajstić information content (AvgIpc) is 2.38. The largest absolute Gasteiger partial charge is 0.0991 e. The summed E-state index contributed by atoms with van der Waals surface area (Å²) >= 11 is 0. The molecule has 2 rings (SSSR count). The van der Waals surface area contributed by atoms with Gasteiger partial charge in [0, 0.05) is 0 Å². The van der Waals surface area contributed by atoms with Crippen molar-refractivity contribution in [1.29, 1.82) is 0 Å². The standard InChI is InChI=1S/C17H28/c1-3-4-5-15-8-12-17(13-9-15)16-10-6-14(2)7-11-16/h3-5,14-17H,1,6-13H2,2H3/b5-4+. The Morgan fingerprint density at radius 1 is 0.824 bits per heavy atom. The quantitative estimate of drug-likeness (QED) is 0.574. The monoisotopic (exact) mass is 232 g/mol. The Hall–Kier alpha value is -0.520. The molecular formula is C17H28. The first-order valence-corrected chi connectivity index (χ1v) is 7.58. The van der Waals surface area contributed by atoms with Gasteiger partial charge in [-0.1, -0.05) is 44.6 Å². The van der Waals surface area contributed by atoms with Crippen LogP contribution < -0.4 is 0 Å². The summed E-state index contributed by atoms with van der Waals surface area (Å²) in [5, 5.41) is 0. The van der Waals surface area contributed by atoms with Crippen molar-refractivity contribution < 1.29 is 0 Å². The molecule has 0 N–H and O–H groups in total. The molecule has 0 nitrogen and oxygen atoms in total. The summed E-state index contributed by atoms with van der Waals surface area (Å²) in [7, 11) is 0. The lowest BCUT2D eigenvalue weighted by molar-refractivity contribution is 0.160. The second-order valence-electron chi connectivity index (χ2n) is 6.32. The Balaban J connectivity index is 1.75. The minimum absolute atomic E-state index is 0.840. The van der Waals surface area contributed by atoms with Crippen LogP contribution in [0, 0.1) is 23.7 Å². The fraction of sp³-hybridized carbons (Fsp3) is 0.765. The summed E-state index contributed by atoms with van der Waals surface area (Å²) < 4.78 is 0. The van der Waals surface area contributed by atoms with Crippen molar-refractivity contribution in [3.63, 3.8) is 0 Å². The van der Waals surface area contributed by atoms with Gasteiger partial charge in [-0.25, -0.2) is 0 Å². The second kappa shape index (κ2) is 6.42. The van der Waals surface area contributed by atoms with Crippen molar-refractivity contribution in [3.8, 4) is 0 Å². The summed E-state index contributed by atoms with van der Waals surface area (Å²) in [5.74, 6) is 3.95. The van der Waals surface area contributed by atoms with E-state index < -0.39 is 0 Å². The highest BCUT2D eigenvalue weighted by molar-refractivity contribution is 5.01. The Labute approximate surface area is 107 Å². The first kappa shape index (κ1) is 12.9. The normalized spacial score (nSPS) is 39.4. The van der Waals surface area contributed by atoms with Gasteiger partial charge in [0.2, 0.25) is 0 Å². The molecule has 0 aromatic carbocycles. The van der Waals surface area contributed by atoms with Crippen LogP contribution in [0.2, 0.25) is 0 Å². The SMILES string of the molecule is C=C/C=C/C1CCC(C2CCC(C)CC2)CC1. The Morgan fingerprint density at radius 2 is 1.35 bits per heavy atom. The Bertz CT molecular complexity index is 247. The lowest BCUT2D eigenvalue weighted by atomic mass is 9.69. The van der Waals surface area contributed by atoms with Gasteiger partial charge < -0.3 is 0 Å². The van der Waals surface area contributed by atoms with Gasteiger partial charge in [-0.05, 0) is 62.2 Å². The molecule has 17 heavy (non-hydrogen) atoms. The van der Waals surface area contributed by atoms with Gasteiger partial charge in [0.1, 0.15) is 0 Å². The van der Waals surface area contributed by atoms with E-state index in [1.165, 1.54) is 51.4 Å². The van der Waals surface area contributed by atoms with Crippen molar-refractivity contribution >= 4 is 0 Å². The van der Waals surface area contributed by atoms with Crippen LogP contribution in [0.3, 0.4) is 0 Å². The van der Waals surface area contributed by atoms with Gasteiger partial charge >= 0.3 is 0 Å². The van der Waals surface area contributed by atoms with Crippen LogP contribution in [0.4, 0.5) is 0 Å². The summed E-state index contributed by atoms with van der Waals surface area (Å²) in [6.45, 7) is 6.18. The molecule has 0 spiro atoms. The third-order valence-electron chi connectivity index (χ3n) is 5.06. The van der Waals surface area contributed by atoms with Gasteiger partial charge in [0.25, 0.3) is 0 Å². The molecular weight excluding hydrogens is 204 g/mol. The molecule has 96 valence electrons. The molecule has 2 aliphatic rings. The van der Waals surface area contributed by atoms with E-state index in [-0.39, 0.29) is 0 Å². The second-order valence-corrected chi connectivity index (χ2v) is 6.32. The van der Waals surface area contributed by atoms with Gasteiger partial charge in [-0.2, -0.15) is 0 Å². The smallest absolute Gasteiger partial charge is 0.0230 e. The van der Waals surface area contributed by atoms with Gasteiger partial charge in [-0.3, -0.25) is 0 Å². The fourth-order valence-corrected chi connectivity index (χ4v) is 3.80. The predicted octanol–water partition coefficient (Wildman–Crippen LogP) is 5.36. The van der Waals surface area contributed by atoms with Crippen molar-refractivity contribution in [2.24, 2.45) is 23.7 Å². The van der Waals surface area contributed by atoms with Gasteiger partial charge in [0.05, 0.1) is 0 Å². The molecule has 0 bridgehead atoms. The lowest BCUT2D eigenvalue weighted by Crippen LogP contribution is -2.24. The first-order valence-electron chi connectivity index (χ1n) is 7.58. The molecule has 0 atom stereocenters. The zero-order valence-corrected chi connectivity index (χ0v) is 11.4. The Kier molecular flexibility index (Phi) is 4.88. The van der Waals surface area contributed by atoms with E-state index in [0.29, 0.717) is 0 Å². The molecule has 0 aromatic heterocycles. The van der Waals surface area contributed by atoms with Crippen molar-refractivity contribution in [2.45, 2.75) is 58.3 Å². The molecule has 2 saturated carbocycles. The van der Waals surface area contributed by atoms with Crippen LogP contribution >= 0.6 is 0 Å². The summed E-state index contributed by atoms with van der Waals surface area (Å²) in [4.78, 5) is 0. The molecule has 2 fully saturated rings. The highest BCUT2D eigenvalue weighted by Gasteiger charge is 2.29. The molecule has 2 aliphatic carbocycles. The van der Waals surface area contributed by atoms with Crippen molar-refractivity contribution in [3.05, 3.63) is 24.8 Å². The summed E-state index contributed by atoms with van der Waals surface area (Å²) in [5.41, 5.74) is 0. The molecule has 0 heteroatoms. The van der Waals surface area contributed by atoms with Gasteiger partial charge in [-0.15, -0.1) is 0 Å². The third-order valence-corrected chi connectivity index (χ3v) is 5.06. The van der Waals surface area contributed by atoms with E-state index >= 15 is 0 Å². The van der Waals surface area contributed by atoms with Crippen LogP contribution in [0.15, 0.2) is 24.8 Å². The maximum atomic E-state index is 3.75. The average molecular weight is 232 g/mol. The Morgan fingerprint density at radius 3 is 1.88 bits per heavy atom. The van der Waals surface area contributed by atoms with Crippen molar-refractivity contribution in [1.82, 2.24) is 0 Å². The predicted molar refractivity (Wildman–Crippen MR) is 75.9 cm³/mol. The van der Waals surface area contributed by atoms with E-state index in [9.17, 15) is 0 Å². The number of hydrogen-bond acceptors (Lipinski definition) is 0. The minimum Gasteiger partial charge on any atom is -0.0991 e. The van der Waals surface area contributed by atoms with Crippen LogP contribution in [-0.4, -0.2) is 0 Å². The summed E-state index contributed by atoms with van der Waals surface area (Å²) in [6.07, 6.45) is 18.2. The van der Waals surface area contributed by atoms with E-state index in [1.54, 1.807) is 0 Å². The van der Waals surface area contributed by atoms with Crippen LogP contribution in [0.1, 0.15) is 58.3 Å².